The van der Waals surface area contributed by atoms with Gasteiger partial charge in [0.25, 0.3) is 0 Å². The molecular formula is C15H28N2O2S. The highest BCUT2D eigenvalue weighted by Gasteiger charge is 2.32. The van der Waals surface area contributed by atoms with Crippen molar-refractivity contribution in [2.75, 3.05) is 18.8 Å². The van der Waals surface area contributed by atoms with E-state index in [1.807, 2.05) is 11.8 Å². The Labute approximate surface area is 125 Å². The number of nitrogens with zero attached hydrogens (tertiary/aromatic N) is 1. The maximum absolute atomic E-state index is 12.4. The summed E-state index contributed by atoms with van der Waals surface area (Å²) in [6.45, 7) is 5.90. The van der Waals surface area contributed by atoms with Crippen molar-refractivity contribution in [3.63, 3.8) is 0 Å². The Kier molecular flexibility index (Phi) is 5.87. The zero-order chi connectivity index (χ0) is 14.5. The maximum atomic E-state index is 12.4. The normalized spacial score (nSPS) is 32.7. The lowest BCUT2D eigenvalue weighted by molar-refractivity contribution is 0.164. The van der Waals surface area contributed by atoms with Crippen LogP contribution in [0, 0.1) is 5.92 Å². The third kappa shape index (κ3) is 3.96. The van der Waals surface area contributed by atoms with Crippen molar-refractivity contribution in [2.45, 2.75) is 63.7 Å². The Bertz CT molecular complexity index is 362. The SMILES string of the molecule is CC[S@](=O)[C@@H]1CCCC[C@@H]1NC(=O)N1CCC[C@@H](C)C1. The number of hydrogen-bond donors (Lipinski definition) is 1. The highest BCUT2D eigenvalue weighted by molar-refractivity contribution is 7.85. The average Bonchev–Trinajstić information content (AvgIpc) is 2.47. The summed E-state index contributed by atoms with van der Waals surface area (Å²) in [5.41, 5.74) is 0. The van der Waals surface area contributed by atoms with Crippen LogP contribution in [0.15, 0.2) is 0 Å². The Morgan fingerprint density at radius 3 is 2.70 bits per heavy atom. The number of amides is 2. The summed E-state index contributed by atoms with van der Waals surface area (Å²) >= 11 is 0. The summed E-state index contributed by atoms with van der Waals surface area (Å²) in [6.07, 6.45) is 6.56. The summed E-state index contributed by atoms with van der Waals surface area (Å²) in [5.74, 6) is 1.29. The van der Waals surface area contributed by atoms with E-state index in [1.54, 1.807) is 0 Å². The van der Waals surface area contributed by atoms with Crippen molar-refractivity contribution in [1.29, 1.82) is 0 Å². The number of urea groups is 1. The molecule has 0 aromatic rings. The molecule has 1 saturated carbocycles. The molecule has 0 radical (unpaired) electrons. The summed E-state index contributed by atoms with van der Waals surface area (Å²) in [4.78, 5) is 14.3. The van der Waals surface area contributed by atoms with E-state index in [1.165, 1.54) is 6.42 Å². The molecule has 4 nitrogen and oxygen atoms in total. The number of likely N-dealkylation sites (tertiary alicyclic amines) is 1. The van der Waals surface area contributed by atoms with E-state index >= 15 is 0 Å². The Balaban J connectivity index is 1.92. The largest absolute Gasteiger partial charge is 0.334 e. The molecule has 1 aliphatic heterocycles. The van der Waals surface area contributed by atoms with Crippen LogP contribution in [0.5, 0.6) is 0 Å². The second kappa shape index (κ2) is 7.43. The molecule has 0 spiro atoms. The topological polar surface area (TPSA) is 49.4 Å². The number of hydrogen-bond acceptors (Lipinski definition) is 2. The molecule has 4 atom stereocenters. The molecule has 2 amide bonds. The molecule has 0 bridgehead atoms. The van der Waals surface area contributed by atoms with Crippen molar-refractivity contribution in [1.82, 2.24) is 10.2 Å². The smallest absolute Gasteiger partial charge is 0.317 e. The zero-order valence-corrected chi connectivity index (χ0v) is 13.6. The number of nitrogens with one attached hydrogen (secondary N) is 1. The van der Waals surface area contributed by atoms with Crippen LogP contribution in [0.2, 0.25) is 0 Å². The number of rotatable bonds is 3. The Hall–Kier alpha value is -0.580. The molecule has 1 saturated heterocycles. The van der Waals surface area contributed by atoms with Crippen molar-refractivity contribution in [2.24, 2.45) is 5.92 Å². The number of carbonyl (C=O) groups excluding carboxylic acids is 1. The van der Waals surface area contributed by atoms with Crippen LogP contribution >= 0.6 is 0 Å². The third-order valence-electron chi connectivity index (χ3n) is 4.58. The predicted octanol–water partition coefficient (Wildman–Crippen LogP) is 2.51. The second-order valence-corrected chi connectivity index (χ2v) is 8.19. The monoisotopic (exact) mass is 300 g/mol. The van der Waals surface area contributed by atoms with Gasteiger partial charge in [0.1, 0.15) is 0 Å². The van der Waals surface area contributed by atoms with E-state index in [9.17, 15) is 9.00 Å². The highest BCUT2D eigenvalue weighted by Crippen LogP contribution is 2.24. The summed E-state index contributed by atoms with van der Waals surface area (Å²) in [6, 6.07) is 0.163. The zero-order valence-electron chi connectivity index (χ0n) is 12.8. The molecule has 1 N–H and O–H groups in total. The van der Waals surface area contributed by atoms with Crippen LogP contribution < -0.4 is 5.32 Å². The molecule has 0 unspecified atom stereocenters. The van der Waals surface area contributed by atoms with E-state index in [4.69, 9.17) is 0 Å². The van der Waals surface area contributed by atoms with E-state index in [0.29, 0.717) is 11.7 Å². The first kappa shape index (κ1) is 15.8. The summed E-state index contributed by atoms with van der Waals surface area (Å²) < 4.78 is 12.1. The first-order valence-corrected chi connectivity index (χ1v) is 9.42. The molecular weight excluding hydrogens is 272 g/mol. The molecule has 20 heavy (non-hydrogen) atoms. The minimum Gasteiger partial charge on any atom is -0.334 e. The molecule has 1 aliphatic carbocycles. The van der Waals surface area contributed by atoms with Crippen LogP contribution in [0.4, 0.5) is 4.79 Å². The van der Waals surface area contributed by atoms with Gasteiger partial charge in [0.05, 0.1) is 5.25 Å². The first-order chi connectivity index (χ1) is 9.61. The second-order valence-electron chi connectivity index (χ2n) is 6.24. The Morgan fingerprint density at radius 2 is 2.00 bits per heavy atom. The van der Waals surface area contributed by atoms with Gasteiger partial charge in [-0.3, -0.25) is 4.21 Å². The van der Waals surface area contributed by atoms with Crippen LogP contribution in [0.3, 0.4) is 0 Å². The number of carbonyl (C=O) groups is 1. The molecule has 2 rings (SSSR count). The van der Waals surface area contributed by atoms with Crippen LogP contribution in [0.1, 0.15) is 52.4 Å². The fourth-order valence-corrected chi connectivity index (χ4v) is 4.84. The molecule has 2 aliphatic rings. The van der Waals surface area contributed by atoms with Crippen molar-refractivity contribution in [3.05, 3.63) is 0 Å². The number of piperidine rings is 1. The summed E-state index contributed by atoms with van der Waals surface area (Å²) in [7, 11) is -0.805. The Morgan fingerprint density at radius 1 is 1.25 bits per heavy atom. The van der Waals surface area contributed by atoms with E-state index < -0.39 is 10.8 Å². The van der Waals surface area contributed by atoms with Gasteiger partial charge in [-0.25, -0.2) is 4.79 Å². The molecule has 0 aromatic heterocycles. The fraction of sp³-hybridized carbons (Fsp3) is 0.933. The van der Waals surface area contributed by atoms with Gasteiger partial charge in [0.15, 0.2) is 0 Å². The van der Waals surface area contributed by atoms with Crippen LogP contribution in [-0.4, -0.2) is 45.3 Å². The van der Waals surface area contributed by atoms with Crippen molar-refractivity contribution < 1.29 is 9.00 Å². The lowest BCUT2D eigenvalue weighted by Gasteiger charge is -2.36. The lowest BCUT2D eigenvalue weighted by atomic mass is 9.95. The molecule has 2 fully saturated rings. The molecule has 116 valence electrons. The van der Waals surface area contributed by atoms with Crippen LogP contribution in [0.25, 0.3) is 0 Å². The minimum absolute atomic E-state index is 0.0570. The summed E-state index contributed by atoms with van der Waals surface area (Å²) in [5, 5.41) is 3.32. The third-order valence-corrected chi connectivity index (χ3v) is 6.39. The standard InChI is InChI=1S/C15H28N2O2S/c1-3-20(19)14-9-5-4-8-13(14)16-15(18)17-10-6-7-12(2)11-17/h12-14H,3-11H2,1-2H3,(H,16,18)/t12-,13+,14-,20+/m1/s1. The molecule has 0 aromatic carbocycles. The lowest BCUT2D eigenvalue weighted by Crippen LogP contribution is -2.53. The average molecular weight is 300 g/mol. The van der Waals surface area contributed by atoms with Crippen molar-refractivity contribution >= 4 is 16.8 Å². The first-order valence-electron chi connectivity index (χ1n) is 8.04. The van der Waals surface area contributed by atoms with Gasteiger partial charge >= 0.3 is 6.03 Å². The van der Waals surface area contributed by atoms with Crippen molar-refractivity contribution in [3.8, 4) is 0 Å². The van der Waals surface area contributed by atoms with Crippen LogP contribution in [-0.2, 0) is 10.8 Å². The maximum Gasteiger partial charge on any atom is 0.317 e. The fourth-order valence-electron chi connectivity index (χ4n) is 3.41. The van der Waals surface area contributed by atoms with E-state index in [0.717, 1.165) is 45.2 Å². The van der Waals surface area contributed by atoms with E-state index in [2.05, 4.69) is 12.2 Å². The predicted molar refractivity (Wildman–Crippen MR) is 83.2 cm³/mol. The van der Waals surface area contributed by atoms with Gasteiger partial charge in [0, 0.05) is 35.7 Å². The highest BCUT2D eigenvalue weighted by atomic mass is 32.2. The van der Waals surface area contributed by atoms with Gasteiger partial charge in [-0.1, -0.05) is 26.7 Å². The van der Waals surface area contributed by atoms with Gasteiger partial charge in [-0.15, -0.1) is 0 Å². The van der Waals surface area contributed by atoms with Gasteiger partial charge < -0.3 is 10.2 Å². The minimum atomic E-state index is -0.805. The van der Waals surface area contributed by atoms with Gasteiger partial charge in [-0.05, 0) is 31.6 Å². The molecule has 1 heterocycles. The van der Waals surface area contributed by atoms with E-state index in [-0.39, 0.29) is 17.3 Å². The quantitative estimate of drug-likeness (QED) is 0.870. The van der Waals surface area contributed by atoms with Gasteiger partial charge in [0.2, 0.25) is 0 Å². The molecule has 5 heteroatoms. The van der Waals surface area contributed by atoms with Gasteiger partial charge in [-0.2, -0.15) is 0 Å².